The molecule has 18 heavy (non-hydrogen) atoms. The fraction of sp³-hybridized carbons (Fsp3) is 0.0909. The quantitative estimate of drug-likeness (QED) is 0.656. The first-order chi connectivity index (χ1) is 8.69. The van der Waals surface area contributed by atoms with Gasteiger partial charge < -0.3 is 10.1 Å². The Bertz CT molecular complexity index is 574. The molecule has 0 radical (unpaired) electrons. The highest BCUT2D eigenvalue weighted by Gasteiger charge is 2.07. The molecular weight excluding hydrogens is 236 g/mol. The summed E-state index contributed by atoms with van der Waals surface area (Å²) in [4.78, 5) is 18.1. The first kappa shape index (κ1) is 11.8. The normalized spacial score (nSPS) is 9.83. The number of ether oxygens (including phenoxy) is 1. The second-order valence-corrected chi connectivity index (χ2v) is 3.37. The maximum atomic E-state index is 10.6. The van der Waals surface area contributed by atoms with E-state index >= 15 is 0 Å². The number of hydrogen-bond acceptors (Lipinski definition) is 6. The topological polar surface area (TPSA) is 90.2 Å². The van der Waals surface area contributed by atoms with E-state index in [9.17, 15) is 10.1 Å². The summed E-state index contributed by atoms with van der Waals surface area (Å²) < 4.78 is 4.97. The molecule has 2 rings (SSSR count). The van der Waals surface area contributed by atoms with Crippen molar-refractivity contribution in [2.24, 2.45) is 0 Å². The highest BCUT2D eigenvalue weighted by Crippen LogP contribution is 2.20. The Balaban J connectivity index is 2.22. The SMILES string of the molecule is COc1cc(Nc2cc([N+](=O)[O-])ccn2)ccn1. The zero-order valence-corrected chi connectivity index (χ0v) is 9.53. The number of nitrogens with one attached hydrogen (secondary N) is 1. The first-order valence-corrected chi connectivity index (χ1v) is 5.06. The molecule has 0 unspecified atom stereocenters. The predicted molar refractivity (Wildman–Crippen MR) is 65.0 cm³/mol. The van der Waals surface area contributed by atoms with E-state index in [-0.39, 0.29) is 5.69 Å². The Morgan fingerprint density at radius 3 is 2.78 bits per heavy atom. The van der Waals surface area contributed by atoms with Gasteiger partial charge in [-0.1, -0.05) is 0 Å². The van der Waals surface area contributed by atoms with Crippen molar-refractivity contribution in [1.82, 2.24) is 9.97 Å². The fourth-order valence-corrected chi connectivity index (χ4v) is 1.35. The van der Waals surface area contributed by atoms with Crippen LogP contribution in [0.3, 0.4) is 0 Å². The number of rotatable bonds is 4. The van der Waals surface area contributed by atoms with Crippen molar-refractivity contribution in [1.29, 1.82) is 0 Å². The molecule has 2 aromatic rings. The molecule has 7 nitrogen and oxygen atoms in total. The summed E-state index contributed by atoms with van der Waals surface area (Å²) in [6.07, 6.45) is 2.94. The summed E-state index contributed by atoms with van der Waals surface area (Å²) in [6.45, 7) is 0. The van der Waals surface area contributed by atoms with E-state index in [2.05, 4.69) is 15.3 Å². The molecule has 0 aliphatic rings. The van der Waals surface area contributed by atoms with Gasteiger partial charge in [0.05, 0.1) is 18.1 Å². The summed E-state index contributed by atoms with van der Waals surface area (Å²) in [5, 5.41) is 13.6. The largest absolute Gasteiger partial charge is 0.481 e. The maximum Gasteiger partial charge on any atom is 0.274 e. The standard InChI is InChI=1S/C11H10N4O3/c1-18-11-6-8(2-4-13-11)14-10-7-9(15(16)17)3-5-12-10/h2-7H,1H3,(H,12,13,14). The van der Waals surface area contributed by atoms with E-state index in [0.29, 0.717) is 17.4 Å². The van der Waals surface area contributed by atoms with E-state index in [1.807, 2.05) is 0 Å². The number of nitro groups is 1. The van der Waals surface area contributed by atoms with Gasteiger partial charge in [0.2, 0.25) is 5.88 Å². The lowest BCUT2D eigenvalue weighted by Crippen LogP contribution is -1.96. The summed E-state index contributed by atoms with van der Waals surface area (Å²) in [7, 11) is 1.51. The van der Waals surface area contributed by atoms with Gasteiger partial charge in [-0.3, -0.25) is 10.1 Å². The van der Waals surface area contributed by atoms with Crippen LogP contribution < -0.4 is 10.1 Å². The summed E-state index contributed by atoms with van der Waals surface area (Å²) in [5.74, 6) is 0.836. The van der Waals surface area contributed by atoms with Crippen LogP contribution in [0.2, 0.25) is 0 Å². The second-order valence-electron chi connectivity index (χ2n) is 3.37. The van der Waals surface area contributed by atoms with Gasteiger partial charge in [0.1, 0.15) is 5.82 Å². The Hall–Kier alpha value is -2.70. The van der Waals surface area contributed by atoms with Gasteiger partial charge in [0.25, 0.3) is 5.69 Å². The van der Waals surface area contributed by atoms with Crippen molar-refractivity contribution in [3.63, 3.8) is 0 Å². The summed E-state index contributed by atoms with van der Waals surface area (Å²) in [6, 6.07) is 6.06. The third-order valence-corrected chi connectivity index (χ3v) is 2.17. The average Bonchev–Trinajstić information content (AvgIpc) is 2.39. The van der Waals surface area contributed by atoms with Gasteiger partial charge in [0.15, 0.2) is 0 Å². The van der Waals surface area contributed by atoms with Crippen LogP contribution in [-0.4, -0.2) is 22.0 Å². The number of nitrogens with zero attached hydrogens (tertiary/aromatic N) is 3. The minimum atomic E-state index is -0.472. The zero-order chi connectivity index (χ0) is 13.0. The van der Waals surface area contributed by atoms with Crippen LogP contribution in [0.4, 0.5) is 17.2 Å². The molecule has 0 atom stereocenters. The molecule has 92 valence electrons. The number of anilines is 2. The van der Waals surface area contributed by atoms with Gasteiger partial charge in [-0.05, 0) is 6.07 Å². The molecular formula is C11H10N4O3. The van der Waals surface area contributed by atoms with Crippen molar-refractivity contribution in [3.8, 4) is 5.88 Å². The van der Waals surface area contributed by atoms with Crippen molar-refractivity contribution >= 4 is 17.2 Å². The smallest absolute Gasteiger partial charge is 0.274 e. The molecule has 1 N–H and O–H groups in total. The van der Waals surface area contributed by atoms with E-state index in [0.717, 1.165) is 0 Å². The third-order valence-electron chi connectivity index (χ3n) is 2.17. The lowest BCUT2D eigenvalue weighted by molar-refractivity contribution is -0.384. The monoisotopic (exact) mass is 246 g/mol. The van der Waals surface area contributed by atoms with Crippen molar-refractivity contribution in [2.45, 2.75) is 0 Å². The minimum absolute atomic E-state index is 0.0199. The predicted octanol–water partition coefficient (Wildman–Crippen LogP) is 2.14. The second kappa shape index (κ2) is 5.09. The van der Waals surface area contributed by atoms with E-state index < -0.39 is 4.92 Å². The van der Waals surface area contributed by atoms with Gasteiger partial charge >= 0.3 is 0 Å². The van der Waals surface area contributed by atoms with Crippen LogP contribution >= 0.6 is 0 Å². The number of hydrogen-bond donors (Lipinski definition) is 1. The van der Waals surface area contributed by atoms with Gasteiger partial charge in [-0.25, -0.2) is 9.97 Å². The zero-order valence-electron chi connectivity index (χ0n) is 9.53. The van der Waals surface area contributed by atoms with Crippen LogP contribution in [0.25, 0.3) is 0 Å². The molecule has 0 spiro atoms. The van der Waals surface area contributed by atoms with E-state index in [1.54, 1.807) is 18.3 Å². The molecule has 7 heteroatoms. The molecule has 0 amide bonds. The molecule has 0 bridgehead atoms. The van der Waals surface area contributed by atoms with Crippen LogP contribution in [0, 0.1) is 10.1 Å². The molecule has 0 fully saturated rings. The Morgan fingerprint density at radius 1 is 1.28 bits per heavy atom. The highest BCUT2D eigenvalue weighted by atomic mass is 16.6. The van der Waals surface area contributed by atoms with Crippen LogP contribution in [0.1, 0.15) is 0 Å². The minimum Gasteiger partial charge on any atom is -0.481 e. The lowest BCUT2D eigenvalue weighted by Gasteiger charge is -2.06. The van der Waals surface area contributed by atoms with E-state index in [1.165, 1.54) is 25.4 Å². The Labute approximate surface area is 103 Å². The molecule has 2 heterocycles. The van der Waals surface area contributed by atoms with Crippen LogP contribution in [-0.2, 0) is 0 Å². The summed E-state index contributed by atoms with van der Waals surface area (Å²) >= 11 is 0. The fourth-order valence-electron chi connectivity index (χ4n) is 1.35. The molecule has 0 aliphatic carbocycles. The Morgan fingerprint density at radius 2 is 2.06 bits per heavy atom. The van der Waals surface area contributed by atoms with Crippen molar-refractivity contribution in [2.75, 3.05) is 12.4 Å². The maximum absolute atomic E-state index is 10.6. The number of methoxy groups -OCH3 is 1. The van der Waals surface area contributed by atoms with Crippen molar-refractivity contribution in [3.05, 3.63) is 46.8 Å². The van der Waals surface area contributed by atoms with Crippen LogP contribution in [0.5, 0.6) is 5.88 Å². The van der Waals surface area contributed by atoms with Gasteiger partial charge in [-0.15, -0.1) is 0 Å². The highest BCUT2D eigenvalue weighted by molar-refractivity contribution is 5.58. The van der Waals surface area contributed by atoms with Crippen LogP contribution in [0.15, 0.2) is 36.7 Å². The van der Waals surface area contributed by atoms with Gasteiger partial charge in [-0.2, -0.15) is 0 Å². The lowest BCUT2D eigenvalue weighted by atomic mass is 10.3. The molecule has 0 aromatic carbocycles. The molecule has 0 saturated carbocycles. The van der Waals surface area contributed by atoms with E-state index in [4.69, 9.17) is 4.74 Å². The number of pyridine rings is 2. The summed E-state index contributed by atoms with van der Waals surface area (Å²) in [5.41, 5.74) is 0.670. The molecule has 0 saturated heterocycles. The van der Waals surface area contributed by atoms with Crippen molar-refractivity contribution < 1.29 is 9.66 Å². The first-order valence-electron chi connectivity index (χ1n) is 5.06. The third kappa shape index (κ3) is 2.70. The van der Waals surface area contributed by atoms with Gasteiger partial charge in [0, 0.05) is 30.2 Å². The molecule has 0 aliphatic heterocycles. The Kier molecular flexibility index (Phi) is 3.33. The molecule has 2 aromatic heterocycles. The average molecular weight is 246 g/mol. The number of aromatic nitrogens is 2.